The molecule has 0 aliphatic carbocycles. The molecule has 2 aromatic carbocycles. The lowest BCUT2D eigenvalue weighted by Crippen LogP contribution is -2.54. The van der Waals surface area contributed by atoms with Crippen molar-refractivity contribution in [1.82, 2.24) is 5.32 Å². The second kappa shape index (κ2) is 6.92. The van der Waals surface area contributed by atoms with Crippen LogP contribution in [0.5, 0.6) is 0 Å². The number of carbonyl (C=O) groups is 1. The molecule has 0 radical (unpaired) electrons. The molecule has 0 unspecified atom stereocenters. The van der Waals surface area contributed by atoms with E-state index in [2.05, 4.69) is 0 Å². The second-order valence-electron chi connectivity index (χ2n) is 5.81. The molecule has 2 nitrogen and oxygen atoms in total. The highest BCUT2D eigenvalue weighted by Crippen LogP contribution is 2.30. The Morgan fingerprint density at radius 3 is 2.17 bits per heavy atom. The van der Waals surface area contributed by atoms with Crippen molar-refractivity contribution in [3.63, 3.8) is 0 Å². The summed E-state index contributed by atoms with van der Waals surface area (Å²) < 4.78 is 39.6. The normalized spacial score (nSPS) is 12.1. The van der Waals surface area contributed by atoms with Crippen molar-refractivity contribution in [2.75, 3.05) is 0 Å². The average molecular weight is 468 g/mol. The highest BCUT2D eigenvalue weighted by Gasteiger charge is 2.48. The van der Waals surface area contributed by atoms with Crippen LogP contribution in [0, 0.1) is 3.57 Å². The van der Waals surface area contributed by atoms with Crippen LogP contribution in [0.1, 0.15) is 24.2 Å². The molecule has 0 aromatic heterocycles. The van der Waals surface area contributed by atoms with E-state index in [0.717, 1.165) is 28.5 Å². The molecule has 24 heavy (non-hydrogen) atoms. The zero-order chi connectivity index (χ0) is 18.1. The van der Waals surface area contributed by atoms with E-state index >= 15 is 0 Å². The standard InChI is InChI=1S/C17H14ClF3INO/c1-16(2,17(19,20)21)23-15(24)12-7-11(8-14(22)9-12)10-3-5-13(18)6-4-10/h3-9H,1-2H3,(H,23,24). The van der Waals surface area contributed by atoms with Crippen LogP contribution < -0.4 is 5.32 Å². The van der Waals surface area contributed by atoms with E-state index in [1.165, 1.54) is 0 Å². The summed E-state index contributed by atoms with van der Waals surface area (Å²) in [5.41, 5.74) is -0.592. The van der Waals surface area contributed by atoms with Crippen LogP contribution in [0.15, 0.2) is 42.5 Å². The Bertz CT molecular complexity index is 757. The van der Waals surface area contributed by atoms with Gasteiger partial charge in [0, 0.05) is 14.2 Å². The van der Waals surface area contributed by atoms with Gasteiger partial charge in [-0.2, -0.15) is 13.2 Å². The van der Waals surface area contributed by atoms with Gasteiger partial charge in [0.25, 0.3) is 5.91 Å². The molecule has 0 atom stereocenters. The van der Waals surface area contributed by atoms with Gasteiger partial charge < -0.3 is 5.32 Å². The molecule has 0 aliphatic rings. The van der Waals surface area contributed by atoms with E-state index in [0.29, 0.717) is 5.02 Å². The number of hydrogen-bond donors (Lipinski definition) is 1. The molecule has 0 saturated carbocycles. The van der Waals surface area contributed by atoms with Crippen molar-refractivity contribution in [1.29, 1.82) is 0 Å². The maximum Gasteiger partial charge on any atom is 0.410 e. The monoisotopic (exact) mass is 467 g/mol. The summed E-state index contributed by atoms with van der Waals surface area (Å²) in [5, 5.41) is 2.62. The number of carbonyl (C=O) groups excluding carboxylic acids is 1. The van der Waals surface area contributed by atoms with Gasteiger partial charge >= 0.3 is 6.18 Å². The smallest absolute Gasteiger partial charge is 0.338 e. The molecule has 128 valence electrons. The SMILES string of the molecule is CC(C)(NC(=O)c1cc(I)cc(-c2ccc(Cl)cc2)c1)C(F)(F)F. The minimum atomic E-state index is -4.54. The van der Waals surface area contributed by atoms with Crippen LogP contribution in [0.3, 0.4) is 0 Å². The molecular weight excluding hydrogens is 454 g/mol. The van der Waals surface area contributed by atoms with Crippen LogP contribution in [-0.2, 0) is 0 Å². The molecule has 1 amide bonds. The Labute approximate surface area is 156 Å². The lowest BCUT2D eigenvalue weighted by atomic mass is 10.0. The summed E-state index contributed by atoms with van der Waals surface area (Å²) in [7, 11) is 0. The maximum atomic E-state index is 12.9. The van der Waals surface area contributed by atoms with Crippen molar-refractivity contribution >= 4 is 40.1 Å². The van der Waals surface area contributed by atoms with Crippen LogP contribution in [0.2, 0.25) is 5.02 Å². The van der Waals surface area contributed by atoms with Gasteiger partial charge in [0.05, 0.1) is 0 Å². The molecule has 2 rings (SSSR count). The number of hydrogen-bond acceptors (Lipinski definition) is 1. The highest BCUT2D eigenvalue weighted by atomic mass is 127. The summed E-state index contributed by atoms with van der Waals surface area (Å²) in [5.74, 6) is -0.772. The van der Waals surface area contributed by atoms with Gasteiger partial charge in [-0.15, -0.1) is 0 Å². The third-order valence-electron chi connectivity index (χ3n) is 3.47. The summed E-state index contributed by atoms with van der Waals surface area (Å²) >= 11 is 7.88. The van der Waals surface area contributed by atoms with Crippen molar-refractivity contribution in [2.45, 2.75) is 25.6 Å². The van der Waals surface area contributed by atoms with Crippen molar-refractivity contribution in [3.8, 4) is 11.1 Å². The molecule has 0 fully saturated rings. The Morgan fingerprint density at radius 2 is 1.62 bits per heavy atom. The number of benzene rings is 2. The van der Waals surface area contributed by atoms with Gasteiger partial charge in [0.2, 0.25) is 0 Å². The highest BCUT2D eigenvalue weighted by molar-refractivity contribution is 14.1. The first-order valence-electron chi connectivity index (χ1n) is 6.95. The summed E-state index contributed by atoms with van der Waals surface area (Å²) in [6, 6.07) is 11.9. The molecule has 1 N–H and O–H groups in total. The molecule has 0 bridgehead atoms. The first kappa shape index (κ1) is 19.1. The Balaban J connectivity index is 2.35. The van der Waals surface area contributed by atoms with E-state index < -0.39 is 17.6 Å². The van der Waals surface area contributed by atoms with Crippen LogP contribution >= 0.6 is 34.2 Å². The number of halogens is 5. The fraction of sp³-hybridized carbons (Fsp3) is 0.235. The largest absolute Gasteiger partial charge is 0.410 e. The Kier molecular flexibility index (Phi) is 5.49. The minimum absolute atomic E-state index is 0.171. The van der Waals surface area contributed by atoms with Gasteiger partial charge in [-0.05, 0) is 77.9 Å². The molecule has 7 heteroatoms. The van der Waals surface area contributed by atoms with Gasteiger partial charge in [-0.3, -0.25) is 4.79 Å². The van der Waals surface area contributed by atoms with E-state index in [9.17, 15) is 18.0 Å². The number of rotatable bonds is 3. The van der Waals surface area contributed by atoms with Crippen LogP contribution in [-0.4, -0.2) is 17.6 Å². The maximum absolute atomic E-state index is 12.9. The van der Waals surface area contributed by atoms with E-state index in [-0.39, 0.29) is 5.56 Å². The van der Waals surface area contributed by atoms with Gasteiger partial charge in [0.15, 0.2) is 0 Å². The Hall–Kier alpha value is -1.28. The van der Waals surface area contributed by atoms with Gasteiger partial charge in [-0.1, -0.05) is 23.7 Å². The molecule has 0 spiro atoms. The molecule has 2 aromatic rings. The Morgan fingerprint density at radius 1 is 1.04 bits per heavy atom. The van der Waals surface area contributed by atoms with Gasteiger partial charge in [0.1, 0.15) is 5.54 Å². The van der Waals surface area contributed by atoms with Crippen LogP contribution in [0.25, 0.3) is 11.1 Å². The fourth-order valence-electron chi connectivity index (χ4n) is 1.96. The van der Waals surface area contributed by atoms with Gasteiger partial charge in [-0.25, -0.2) is 0 Å². The topological polar surface area (TPSA) is 29.1 Å². The average Bonchev–Trinajstić information content (AvgIpc) is 2.45. The molecule has 0 aliphatic heterocycles. The predicted octanol–water partition coefficient (Wildman–Crippen LogP) is 5.68. The lowest BCUT2D eigenvalue weighted by molar-refractivity contribution is -0.182. The fourth-order valence-corrected chi connectivity index (χ4v) is 2.75. The quantitative estimate of drug-likeness (QED) is 0.578. The van der Waals surface area contributed by atoms with Crippen molar-refractivity contribution in [3.05, 3.63) is 56.6 Å². The first-order valence-corrected chi connectivity index (χ1v) is 8.41. The van der Waals surface area contributed by atoms with Crippen LogP contribution in [0.4, 0.5) is 13.2 Å². The number of alkyl halides is 3. The molecular formula is C17H14ClF3INO. The van der Waals surface area contributed by atoms with E-state index in [4.69, 9.17) is 11.6 Å². The summed E-state index contributed by atoms with van der Waals surface area (Å²) in [6.45, 7) is 1.86. The zero-order valence-corrected chi connectivity index (χ0v) is 15.8. The summed E-state index contributed by atoms with van der Waals surface area (Å²) in [4.78, 5) is 12.3. The molecule has 0 saturated heterocycles. The van der Waals surface area contributed by atoms with E-state index in [1.54, 1.807) is 36.4 Å². The third-order valence-corrected chi connectivity index (χ3v) is 4.35. The zero-order valence-electron chi connectivity index (χ0n) is 12.8. The minimum Gasteiger partial charge on any atom is -0.338 e. The van der Waals surface area contributed by atoms with Crippen molar-refractivity contribution < 1.29 is 18.0 Å². The second-order valence-corrected chi connectivity index (χ2v) is 7.49. The predicted molar refractivity (Wildman–Crippen MR) is 97.2 cm³/mol. The third kappa shape index (κ3) is 4.42. The lowest BCUT2D eigenvalue weighted by Gasteiger charge is -2.29. The number of nitrogens with one attached hydrogen (secondary N) is 1. The van der Waals surface area contributed by atoms with E-state index in [1.807, 2.05) is 34.0 Å². The summed E-state index contributed by atoms with van der Waals surface area (Å²) in [6.07, 6.45) is -4.54. The number of amides is 1. The van der Waals surface area contributed by atoms with Crippen molar-refractivity contribution in [2.24, 2.45) is 0 Å². The molecule has 0 heterocycles. The first-order chi connectivity index (χ1) is 11.0.